The van der Waals surface area contributed by atoms with Gasteiger partial charge in [-0.2, -0.15) is 0 Å². The highest BCUT2D eigenvalue weighted by Gasteiger charge is 2.20. The lowest BCUT2D eigenvalue weighted by molar-refractivity contribution is -0.132. The molecule has 4 rings (SSSR count). The van der Waals surface area contributed by atoms with Gasteiger partial charge in [0.2, 0.25) is 5.91 Å². The average molecular weight is 444 g/mol. The summed E-state index contributed by atoms with van der Waals surface area (Å²) < 4.78 is 8.14. The van der Waals surface area contributed by atoms with Gasteiger partial charge in [0.15, 0.2) is 0 Å². The van der Waals surface area contributed by atoms with Crippen LogP contribution < -0.4 is 4.74 Å². The summed E-state index contributed by atoms with van der Waals surface area (Å²) in [4.78, 5) is 20.1. The zero-order valence-corrected chi connectivity index (χ0v) is 20.0. The largest absolute Gasteiger partial charge is 0.486 e. The van der Waals surface area contributed by atoms with E-state index in [2.05, 4.69) is 45.9 Å². The van der Waals surface area contributed by atoms with Gasteiger partial charge in [-0.25, -0.2) is 4.98 Å². The third kappa shape index (κ3) is 5.54. The molecule has 0 radical (unpaired) electrons. The van der Waals surface area contributed by atoms with Crippen molar-refractivity contribution in [1.82, 2.24) is 14.5 Å². The van der Waals surface area contributed by atoms with Crippen LogP contribution in [-0.2, 0) is 17.9 Å². The van der Waals surface area contributed by atoms with Crippen LogP contribution in [0.1, 0.15) is 33.5 Å². The number of para-hydroxylation sites is 2. The zero-order chi connectivity index (χ0) is 23.4. The fourth-order valence-electron chi connectivity index (χ4n) is 4.21. The summed E-state index contributed by atoms with van der Waals surface area (Å²) in [6.07, 6.45) is 0. The molecule has 172 valence electrons. The maximum Gasteiger partial charge on any atom is 0.242 e. The van der Waals surface area contributed by atoms with Crippen LogP contribution in [0.5, 0.6) is 5.75 Å². The van der Waals surface area contributed by atoms with E-state index in [9.17, 15) is 4.79 Å². The molecule has 0 aliphatic carbocycles. The van der Waals surface area contributed by atoms with Crippen molar-refractivity contribution in [3.8, 4) is 5.75 Å². The molecule has 5 nitrogen and oxygen atoms in total. The molecule has 0 fully saturated rings. The third-order valence-electron chi connectivity index (χ3n) is 5.64. The van der Waals surface area contributed by atoms with Crippen molar-refractivity contribution in [2.24, 2.45) is 11.8 Å². The number of fused-ring (bicyclic) bond motifs is 2. The Morgan fingerprint density at radius 1 is 0.909 bits per heavy atom. The molecule has 0 aliphatic heterocycles. The lowest BCUT2D eigenvalue weighted by Crippen LogP contribution is -2.39. The van der Waals surface area contributed by atoms with Gasteiger partial charge in [0.25, 0.3) is 0 Å². The van der Waals surface area contributed by atoms with E-state index in [0.29, 0.717) is 18.4 Å². The first kappa shape index (κ1) is 22.8. The number of amides is 1. The van der Waals surface area contributed by atoms with Crippen LogP contribution in [-0.4, -0.2) is 33.4 Å². The fraction of sp³-hybridized carbons (Fsp3) is 0.357. The van der Waals surface area contributed by atoms with Gasteiger partial charge in [0.05, 0.1) is 11.0 Å². The predicted molar refractivity (Wildman–Crippen MR) is 134 cm³/mol. The van der Waals surface area contributed by atoms with Crippen molar-refractivity contribution in [2.45, 2.75) is 40.8 Å². The molecule has 0 spiro atoms. The highest BCUT2D eigenvalue weighted by atomic mass is 16.5. The van der Waals surface area contributed by atoms with Gasteiger partial charge in [-0.05, 0) is 46.9 Å². The maximum atomic E-state index is 13.3. The molecule has 3 aromatic carbocycles. The molecule has 4 aromatic rings. The molecule has 1 amide bonds. The molecule has 0 saturated heterocycles. The predicted octanol–water partition coefficient (Wildman–Crippen LogP) is 5.91. The van der Waals surface area contributed by atoms with E-state index < -0.39 is 0 Å². The lowest BCUT2D eigenvalue weighted by atomic mass is 10.1. The molecule has 1 heterocycles. The van der Waals surface area contributed by atoms with Crippen LogP contribution in [0.2, 0.25) is 0 Å². The van der Waals surface area contributed by atoms with Gasteiger partial charge in [-0.15, -0.1) is 0 Å². The molecular formula is C28H33N3O2. The lowest BCUT2D eigenvalue weighted by Gasteiger charge is -2.27. The van der Waals surface area contributed by atoms with Crippen molar-refractivity contribution in [3.05, 3.63) is 72.6 Å². The highest BCUT2D eigenvalue weighted by molar-refractivity contribution is 5.84. The highest BCUT2D eigenvalue weighted by Crippen LogP contribution is 2.23. The van der Waals surface area contributed by atoms with Gasteiger partial charge < -0.3 is 14.2 Å². The first-order valence-electron chi connectivity index (χ1n) is 11.7. The smallest absolute Gasteiger partial charge is 0.242 e. The monoisotopic (exact) mass is 443 g/mol. The number of benzene rings is 3. The Labute approximate surface area is 196 Å². The fourth-order valence-corrected chi connectivity index (χ4v) is 4.21. The first-order chi connectivity index (χ1) is 15.9. The minimum Gasteiger partial charge on any atom is -0.486 e. The second kappa shape index (κ2) is 10.1. The Hall–Kier alpha value is -3.34. The Balaban J connectivity index is 1.58. The molecule has 1 aromatic heterocycles. The van der Waals surface area contributed by atoms with Crippen molar-refractivity contribution in [1.29, 1.82) is 0 Å². The molecule has 0 bridgehead atoms. The molecule has 0 unspecified atom stereocenters. The van der Waals surface area contributed by atoms with Crippen LogP contribution in [0.25, 0.3) is 21.8 Å². The topological polar surface area (TPSA) is 47.4 Å². The van der Waals surface area contributed by atoms with Crippen LogP contribution in [0.3, 0.4) is 0 Å². The maximum absolute atomic E-state index is 13.3. The quantitative estimate of drug-likeness (QED) is 0.323. The molecule has 33 heavy (non-hydrogen) atoms. The van der Waals surface area contributed by atoms with Crippen LogP contribution in [0.15, 0.2) is 66.7 Å². The second-order valence-corrected chi connectivity index (χ2v) is 9.49. The number of hydrogen-bond acceptors (Lipinski definition) is 3. The van der Waals surface area contributed by atoms with Crippen molar-refractivity contribution < 1.29 is 9.53 Å². The Bertz CT molecular complexity index is 1230. The summed E-state index contributed by atoms with van der Waals surface area (Å²) in [6.45, 7) is 10.7. The third-order valence-corrected chi connectivity index (χ3v) is 5.64. The van der Waals surface area contributed by atoms with Crippen LogP contribution >= 0.6 is 0 Å². The molecule has 5 heteroatoms. The number of nitrogens with zero attached hydrogens (tertiary/aromatic N) is 3. The number of ether oxygens (including phenoxy) is 1. The Kier molecular flexibility index (Phi) is 6.97. The number of imidazole rings is 1. The molecule has 0 saturated carbocycles. The van der Waals surface area contributed by atoms with E-state index in [4.69, 9.17) is 9.72 Å². The number of aromatic nitrogens is 2. The number of hydrogen-bond donors (Lipinski definition) is 0. The van der Waals surface area contributed by atoms with E-state index in [1.54, 1.807) is 0 Å². The minimum atomic E-state index is 0.118. The van der Waals surface area contributed by atoms with Gasteiger partial charge in [0.1, 0.15) is 24.7 Å². The average Bonchev–Trinajstić information content (AvgIpc) is 3.13. The second-order valence-electron chi connectivity index (χ2n) is 9.49. The van der Waals surface area contributed by atoms with E-state index in [1.807, 2.05) is 58.0 Å². The van der Waals surface area contributed by atoms with Gasteiger partial charge in [-0.1, -0.05) is 70.2 Å². The summed E-state index contributed by atoms with van der Waals surface area (Å²) in [7, 11) is 0. The minimum absolute atomic E-state index is 0.118. The first-order valence-corrected chi connectivity index (χ1v) is 11.7. The zero-order valence-electron chi connectivity index (χ0n) is 20.0. The Morgan fingerprint density at radius 3 is 2.30 bits per heavy atom. The SMILES string of the molecule is CC(C)CN(CC(C)C)C(=O)Cn1c(COc2ccc3ccccc3c2)nc2ccccc21. The summed E-state index contributed by atoms with van der Waals surface area (Å²) in [6, 6.07) is 22.3. The van der Waals surface area contributed by atoms with E-state index in [0.717, 1.165) is 41.1 Å². The van der Waals surface area contributed by atoms with Crippen molar-refractivity contribution >= 4 is 27.7 Å². The van der Waals surface area contributed by atoms with Gasteiger partial charge in [0, 0.05) is 13.1 Å². The Morgan fingerprint density at radius 2 is 1.58 bits per heavy atom. The van der Waals surface area contributed by atoms with Crippen LogP contribution in [0, 0.1) is 11.8 Å². The van der Waals surface area contributed by atoms with E-state index in [-0.39, 0.29) is 12.5 Å². The number of rotatable bonds is 9. The molecule has 0 atom stereocenters. The molecular weight excluding hydrogens is 410 g/mol. The number of carbonyl (C=O) groups is 1. The standard InChI is InChI=1S/C28H33N3O2/c1-20(2)16-30(17-21(3)4)28(32)18-31-26-12-8-7-11-25(26)29-27(31)19-33-24-14-13-22-9-5-6-10-23(22)15-24/h5-15,20-21H,16-19H2,1-4H3. The van der Waals surface area contributed by atoms with E-state index in [1.165, 1.54) is 5.39 Å². The molecule has 0 N–H and O–H groups in total. The van der Waals surface area contributed by atoms with Crippen molar-refractivity contribution in [3.63, 3.8) is 0 Å². The number of carbonyl (C=O) groups excluding carboxylic acids is 1. The summed E-state index contributed by atoms with van der Waals surface area (Å²) in [5, 5.41) is 2.31. The summed E-state index contributed by atoms with van der Waals surface area (Å²) in [5.74, 6) is 2.50. The van der Waals surface area contributed by atoms with Gasteiger partial charge >= 0.3 is 0 Å². The normalized spacial score (nSPS) is 11.6. The summed E-state index contributed by atoms with van der Waals surface area (Å²) in [5.41, 5.74) is 1.83. The molecule has 0 aliphatic rings. The van der Waals surface area contributed by atoms with E-state index >= 15 is 0 Å². The summed E-state index contributed by atoms with van der Waals surface area (Å²) >= 11 is 0. The van der Waals surface area contributed by atoms with Gasteiger partial charge in [-0.3, -0.25) is 4.79 Å². The van der Waals surface area contributed by atoms with Crippen LogP contribution in [0.4, 0.5) is 0 Å². The van der Waals surface area contributed by atoms with Crippen molar-refractivity contribution in [2.75, 3.05) is 13.1 Å².